The second kappa shape index (κ2) is 3.13. The molecule has 1 heterocycles. The average molecular weight is 164 g/mol. The highest BCUT2D eigenvalue weighted by atomic mass is 16.6. The molecule has 0 amide bonds. The van der Waals surface area contributed by atoms with Gasteiger partial charge in [0.25, 0.3) is 0 Å². The van der Waals surface area contributed by atoms with Crippen molar-refractivity contribution in [3.63, 3.8) is 0 Å². The summed E-state index contributed by atoms with van der Waals surface area (Å²) in [6, 6.07) is 3.34. The summed E-state index contributed by atoms with van der Waals surface area (Å²) in [5.41, 5.74) is 1.08. The van der Waals surface area contributed by atoms with Crippen molar-refractivity contribution < 1.29 is 4.92 Å². The van der Waals surface area contributed by atoms with Crippen LogP contribution >= 0.6 is 0 Å². The zero-order valence-corrected chi connectivity index (χ0v) is 6.65. The molecule has 1 rings (SSSR count). The number of nitrogens with zero attached hydrogens (tertiary/aromatic N) is 2. The van der Waals surface area contributed by atoms with Gasteiger partial charge in [0.05, 0.1) is 5.56 Å². The minimum absolute atomic E-state index is 0.134. The molecular formula is C8H8N2O2. The van der Waals surface area contributed by atoms with Crippen LogP contribution in [0.4, 0.5) is 5.82 Å². The van der Waals surface area contributed by atoms with Gasteiger partial charge in [-0.3, -0.25) is 0 Å². The van der Waals surface area contributed by atoms with Crippen molar-refractivity contribution in [3.8, 4) is 0 Å². The Morgan fingerprint density at radius 2 is 2.33 bits per heavy atom. The van der Waals surface area contributed by atoms with Gasteiger partial charge in [0, 0.05) is 6.92 Å². The predicted octanol–water partition coefficient (Wildman–Crippen LogP) is 1.94. The van der Waals surface area contributed by atoms with Gasteiger partial charge >= 0.3 is 5.82 Å². The molecule has 1 aromatic heterocycles. The number of aromatic nitrogens is 1. The highest BCUT2D eigenvalue weighted by molar-refractivity contribution is 5.56. The van der Waals surface area contributed by atoms with Gasteiger partial charge in [0.15, 0.2) is 0 Å². The van der Waals surface area contributed by atoms with Crippen LogP contribution < -0.4 is 0 Å². The fourth-order valence-electron chi connectivity index (χ4n) is 0.859. The number of rotatable bonds is 2. The maximum Gasteiger partial charge on any atom is 0.370 e. The van der Waals surface area contributed by atoms with Crippen LogP contribution in [0.5, 0.6) is 0 Å². The highest BCUT2D eigenvalue weighted by Gasteiger charge is 2.12. The smallest absolute Gasteiger partial charge is 0.358 e. The average Bonchev–Trinajstić information content (AvgIpc) is 2.04. The second-order valence-corrected chi connectivity index (χ2v) is 2.33. The van der Waals surface area contributed by atoms with E-state index in [1.807, 2.05) is 0 Å². The number of hydrogen-bond acceptors (Lipinski definition) is 3. The van der Waals surface area contributed by atoms with Crippen LogP contribution in [0.25, 0.3) is 6.08 Å². The van der Waals surface area contributed by atoms with Gasteiger partial charge in [-0.15, -0.1) is 0 Å². The van der Waals surface area contributed by atoms with Crippen molar-refractivity contribution in [2.45, 2.75) is 6.92 Å². The Balaban J connectivity index is 3.30. The molecule has 0 aliphatic heterocycles. The molecule has 0 saturated heterocycles. The number of nitro groups is 1. The molecule has 0 N–H and O–H groups in total. The molecule has 0 aromatic carbocycles. The zero-order chi connectivity index (χ0) is 9.14. The lowest BCUT2D eigenvalue weighted by molar-refractivity contribution is -0.389. The molecule has 4 nitrogen and oxygen atoms in total. The van der Waals surface area contributed by atoms with E-state index in [1.165, 1.54) is 6.08 Å². The first-order valence-corrected chi connectivity index (χ1v) is 3.39. The van der Waals surface area contributed by atoms with Crippen LogP contribution in [-0.4, -0.2) is 9.91 Å². The lowest BCUT2D eigenvalue weighted by atomic mass is 10.2. The zero-order valence-electron chi connectivity index (χ0n) is 6.65. The summed E-state index contributed by atoms with van der Waals surface area (Å²) < 4.78 is 0. The Morgan fingerprint density at radius 3 is 2.83 bits per heavy atom. The molecule has 0 unspecified atom stereocenters. The third kappa shape index (κ3) is 1.47. The molecule has 0 spiro atoms. The van der Waals surface area contributed by atoms with E-state index in [0.717, 1.165) is 0 Å². The van der Waals surface area contributed by atoms with Crippen molar-refractivity contribution >= 4 is 11.9 Å². The molecule has 0 aliphatic carbocycles. The largest absolute Gasteiger partial charge is 0.370 e. The first-order valence-electron chi connectivity index (χ1n) is 3.39. The Hall–Kier alpha value is -1.71. The topological polar surface area (TPSA) is 56.0 Å². The summed E-state index contributed by atoms with van der Waals surface area (Å²) in [4.78, 5) is 13.7. The van der Waals surface area contributed by atoms with Crippen LogP contribution in [0.3, 0.4) is 0 Å². The minimum atomic E-state index is -0.510. The molecule has 0 saturated carbocycles. The third-order valence-corrected chi connectivity index (χ3v) is 1.44. The number of hydrogen-bond donors (Lipinski definition) is 0. The van der Waals surface area contributed by atoms with Crippen LogP contribution in [-0.2, 0) is 0 Å². The summed E-state index contributed by atoms with van der Waals surface area (Å²) in [5, 5.41) is 10.4. The van der Waals surface area contributed by atoms with Crippen molar-refractivity contribution in [1.29, 1.82) is 0 Å². The summed E-state index contributed by atoms with van der Waals surface area (Å²) in [6.07, 6.45) is 1.42. The fraction of sp³-hybridized carbons (Fsp3) is 0.125. The lowest BCUT2D eigenvalue weighted by Gasteiger charge is -1.96. The lowest BCUT2D eigenvalue weighted by Crippen LogP contribution is -1.96. The highest BCUT2D eigenvalue weighted by Crippen LogP contribution is 2.16. The molecular weight excluding hydrogens is 156 g/mol. The van der Waals surface area contributed by atoms with Crippen LogP contribution in [0.1, 0.15) is 11.3 Å². The molecule has 0 fully saturated rings. The normalized spacial score (nSPS) is 9.42. The van der Waals surface area contributed by atoms with E-state index in [0.29, 0.717) is 11.3 Å². The van der Waals surface area contributed by atoms with E-state index in [9.17, 15) is 10.1 Å². The van der Waals surface area contributed by atoms with E-state index in [-0.39, 0.29) is 5.82 Å². The van der Waals surface area contributed by atoms with Gasteiger partial charge in [-0.1, -0.05) is 12.7 Å². The van der Waals surface area contributed by atoms with Crippen molar-refractivity contribution in [3.05, 3.63) is 40.1 Å². The summed E-state index contributed by atoms with van der Waals surface area (Å²) in [5.74, 6) is -0.134. The number of pyridine rings is 1. The van der Waals surface area contributed by atoms with Crippen LogP contribution in [0.2, 0.25) is 0 Å². The van der Waals surface area contributed by atoms with Gasteiger partial charge in [-0.2, -0.15) is 0 Å². The maximum atomic E-state index is 10.4. The van der Waals surface area contributed by atoms with Crippen molar-refractivity contribution in [2.24, 2.45) is 0 Å². The summed E-state index contributed by atoms with van der Waals surface area (Å²) in [6.45, 7) is 5.17. The third-order valence-electron chi connectivity index (χ3n) is 1.44. The first-order chi connectivity index (χ1) is 5.65. The summed E-state index contributed by atoms with van der Waals surface area (Å²) in [7, 11) is 0. The molecule has 1 aromatic rings. The second-order valence-electron chi connectivity index (χ2n) is 2.33. The standard InChI is InChI=1S/C8H8N2O2/c1-3-7-5-4-6(2)9-8(7)10(11)12/h3-5H,1H2,2H3. The Kier molecular flexibility index (Phi) is 2.19. The van der Waals surface area contributed by atoms with Gasteiger partial charge in [-0.25, -0.2) is 0 Å². The fourth-order valence-corrected chi connectivity index (χ4v) is 0.859. The van der Waals surface area contributed by atoms with Gasteiger partial charge in [0.2, 0.25) is 0 Å². The van der Waals surface area contributed by atoms with E-state index >= 15 is 0 Å². The SMILES string of the molecule is C=Cc1ccc(C)nc1[N+](=O)[O-]. The van der Waals surface area contributed by atoms with E-state index < -0.39 is 4.92 Å². The van der Waals surface area contributed by atoms with Crippen LogP contribution in [0.15, 0.2) is 18.7 Å². The van der Waals surface area contributed by atoms with Gasteiger partial charge in [0.1, 0.15) is 5.69 Å². The Morgan fingerprint density at radius 1 is 1.67 bits per heavy atom. The maximum absolute atomic E-state index is 10.4. The molecule has 62 valence electrons. The summed E-state index contributed by atoms with van der Waals surface area (Å²) >= 11 is 0. The minimum Gasteiger partial charge on any atom is -0.358 e. The van der Waals surface area contributed by atoms with Crippen molar-refractivity contribution in [2.75, 3.05) is 0 Å². The Labute approximate surface area is 69.7 Å². The monoisotopic (exact) mass is 164 g/mol. The molecule has 0 radical (unpaired) electrons. The Bertz CT molecular complexity index is 334. The molecule has 4 heteroatoms. The molecule has 0 aliphatic rings. The van der Waals surface area contributed by atoms with Crippen LogP contribution in [0, 0.1) is 17.0 Å². The van der Waals surface area contributed by atoms with E-state index in [2.05, 4.69) is 11.6 Å². The first kappa shape index (κ1) is 8.39. The van der Waals surface area contributed by atoms with E-state index in [4.69, 9.17) is 0 Å². The molecule has 12 heavy (non-hydrogen) atoms. The van der Waals surface area contributed by atoms with E-state index in [1.54, 1.807) is 19.1 Å². The van der Waals surface area contributed by atoms with Crippen molar-refractivity contribution in [1.82, 2.24) is 4.98 Å². The van der Waals surface area contributed by atoms with Gasteiger partial charge in [-0.05, 0) is 22.0 Å². The molecule has 0 atom stereocenters. The van der Waals surface area contributed by atoms with Gasteiger partial charge < -0.3 is 10.1 Å². The predicted molar refractivity (Wildman–Crippen MR) is 45.7 cm³/mol. The quantitative estimate of drug-likeness (QED) is 0.495. The number of aryl methyl sites for hydroxylation is 1. The molecule has 0 bridgehead atoms.